The van der Waals surface area contributed by atoms with Crippen LogP contribution in [0.3, 0.4) is 0 Å². The quantitative estimate of drug-likeness (QED) is 0.737. The summed E-state index contributed by atoms with van der Waals surface area (Å²) in [6.07, 6.45) is 3.34. The van der Waals surface area contributed by atoms with E-state index in [1.165, 1.54) is 0 Å². The largest absolute Gasteiger partial charge is 0.508 e. The Morgan fingerprint density at radius 2 is 2.04 bits per heavy atom. The van der Waals surface area contributed by atoms with Crippen LogP contribution in [0.4, 0.5) is 0 Å². The van der Waals surface area contributed by atoms with Crippen molar-refractivity contribution in [2.75, 3.05) is 13.1 Å². The van der Waals surface area contributed by atoms with Crippen molar-refractivity contribution in [2.45, 2.75) is 63.2 Å². The van der Waals surface area contributed by atoms with Crippen LogP contribution in [0, 0.1) is 12.8 Å². The summed E-state index contributed by atoms with van der Waals surface area (Å²) in [5.41, 5.74) is 0.0939. The van der Waals surface area contributed by atoms with Crippen molar-refractivity contribution in [1.82, 2.24) is 4.90 Å². The van der Waals surface area contributed by atoms with Crippen LogP contribution in [-0.4, -0.2) is 51.1 Å². The fourth-order valence-electron chi connectivity index (χ4n) is 5.37. The van der Waals surface area contributed by atoms with Crippen molar-refractivity contribution >= 4 is 0 Å². The number of hydrogen-bond donors (Lipinski definition) is 3. The Morgan fingerprint density at radius 3 is 2.72 bits per heavy atom. The lowest BCUT2D eigenvalue weighted by Gasteiger charge is -2.63. The van der Waals surface area contributed by atoms with Gasteiger partial charge in [-0.05, 0) is 68.8 Å². The molecule has 2 aliphatic rings. The molecule has 3 N–H and O–H groups in total. The third-order valence-electron chi connectivity index (χ3n) is 6.89. The SMILES string of the molecule is C=CCN1CC[C@]2(c3cc(O)ccc3C)C(O)[C@H](C)CCC2(O)C1C. The molecule has 3 unspecified atom stereocenters. The van der Waals surface area contributed by atoms with Crippen molar-refractivity contribution in [3.8, 4) is 5.75 Å². The topological polar surface area (TPSA) is 63.9 Å². The second-order valence-electron chi connectivity index (χ2n) is 8.07. The number of likely N-dealkylation sites (tertiary alicyclic amines) is 1. The lowest BCUT2D eigenvalue weighted by Crippen LogP contribution is -2.74. The van der Waals surface area contributed by atoms with Gasteiger partial charge in [0.1, 0.15) is 5.75 Å². The number of rotatable bonds is 3. The first kappa shape index (κ1) is 18.4. The first-order chi connectivity index (χ1) is 11.8. The van der Waals surface area contributed by atoms with E-state index in [1.54, 1.807) is 12.1 Å². The Balaban J connectivity index is 2.20. The molecule has 0 aromatic heterocycles. The zero-order valence-corrected chi connectivity index (χ0v) is 15.6. The molecule has 25 heavy (non-hydrogen) atoms. The van der Waals surface area contributed by atoms with E-state index in [9.17, 15) is 15.3 Å². The zero-order chi connectivity index (χ0) is 18.4. The molecule has 1 saturated heterocycles. The van der Waals surface area contributed by atoms with Crippen LogP contribution < -0.4 is 0 Å². The van der Waals surface area contributed by atoms with Crippen LogP contribution in [0.5, 0.6) is 5.75 Å². The number of aliphatic hydroxyl groups excluding tert-OH is 1. The van der Waals surface area contributed by atoms with E-state index in [-0.39, 0.29) is 17.7 Å². The number of hydrogen-bond acceptors (Lipinski definition) is 4. The predicted molar refractivity (Wildman–Crippen MR) is 99.7 cm³/mol. The number of fused-ring (bicyclic) bond motifs is 1. The molecule has 3 rings (SSSR count). The van der Waals surface area contributed by atoms with Gasteiger partial charge in [0.05, 0.1) is 17.1 Å². The van der Waals surface area contributed by atoms with Crippen molar-refractivity contribution in [3.05, 3.63) is 42.0 Å². The molecule has 0 bridgehead atoms. The molecule has 1 aromatic rings. The summed E-state index contributed by atoms with van der Waals surface area (Å²) in [7, 11) is 0. The third kappa shape index (κ3) is 2.54. The Morgan fingerprint density at radius 1 is 1.32 bits per heavy atom. The molecule has 138 valence electrons. The van der Waals surface area contributed by atoms with Gasteiger partial charge in [0.15, 0.2) is 0 Å². The summed E-state index contributed by atoms with van der Waals surface area (Å²) >= 11 is 0. The smallest absolute Gasteiger partial charge is 0.115 e. The minimum Gasteiger partial charge on any atom is -0.508 e. The molecule has 1 aromatic carbocycles. The zero-order valence-electron chi connectivity index (χ0n) is 15.6. The molecule has 4 heteroatoms. The first-order valence-electron chi connectivity index (χ1n) is 9.33. The van der Waals surface area contributed by atoms with Crippen LogP contribution in [-0.2, 0) is 5.41 Å². The Hall–Kier alpha value is -1.36. The van der Waals surface area contributed by atoms with Gasteiger partial charge in [-0.15, -0.1) is 6.58 Å². The van der Waals surface area contributed by atoms with Gasteiger partial charge in [-0.1, -0.05) is 19.1 Å². The Bertz CT molecular complexity index is 661. The second-order valence-corrected chi connectivity index (χ2v) is 8.07. The van der Waals surface area contributed by atoms with Crippen molar-refractivity contribution < 1.29 is 15.3 Å². The number of piperidine rings is 1. The monoisotopic (exact) mass is 345 g/mol. The highest BCUT2D eigenvalue weighted by atomic mass is 16.3. The van der Waals surface area contributed by atoms with E-state index in [2.05, 4.69) is 25.3 Å². The maximum absolute atomic E-state index is 11.9. The van der Waals surface area contributed by atoms with Gasteiger partial charge in [-0.3, -0.25) is 4.90 Å². The normalized spacial score (nSPS) is 39.0. The summed E-state index contributed by atoms with van der Waals surface area (Å²) in [6.45, 7) is 11.5. The van der Waals surface area contributed by atoms with Crippen LogP contribution in [0.25, 0.3) is 0 Å². The molecule has 0 spiro atoms. The summed E-state index contributed by atoms with van der Waals surface area (Å²) in [5, 5.41) is 33.4. The van der Waals surface area contributed by atoms with Gasteiger partial charge in [0.2, 0.25) is 0 Å². The van der Waals surface area contributed by atoms with E-state index in [1.807, 2.05) is 19.1 Å². The number of phenolic OH excluding ortho intramolecular Hbond substituents is 1. The average molecular weight is 345 g/mol. The van der Waals surface area contributed by atoms with E-state index in [0.29, 0.717) is 12.8 Å². The van der Waals surface area contributed by atoms with Gasteiger partial charge >= 0.3 is 0 Å². The molecule has 0 amide bonds. The standard InChI is InChI=1S/C21H31NO3/c1-5-11-22-12-10-20(18-13-17(23)7-6-14(18)2)19(24)15(3)8-9-21(20,25)16(22)4/h5-7,13,15-16,19,23-25H,1,8-12H2,2-4H3/t15-,16?,19?,20+,21?/m1/s1. The van der Waals surface area contributed by atoms with Crippen LogP contribution in [0.1, 0.15) is 44.2 Å². The number of phenols is 1. The molecule has 5 atom stereocenters. The van der Waals surface area contributed by atoms with Crippen LogP contribution in [0.2, 0.25) is 0 Å². The van der Waals surface area contributed by atoms with E-state index in [0.717, 1.165) is 30.6 Å². The average Bonchev–Trinajstić information content (AvgIpc) is 2.58. The van der Waals surface area contributed by atoms with E-state index < -0.39 is 17.1 Å². The fraction of sp³-hybridized carbons (Fsp3) is 0.619. The first-order valence-corrected chi connectivity index (χ1v) is 9.33. The maximum atomic E-state index is 11.9. The summed E-state index contributed by atoms with van der Waals surface area (Å²) < 4.78 is 0. The Kier molecular flexibility index (Phi) is 4.73. The minimum atomic E-state index is -1.04. The molecular weight excluding hydrogens is 314 g/mol. The fourth-order valence-corrected chi connectivity index (χ4v) is 5.37. The number of aliphatic hydroxyl groups is 2. The van der Waals surface area contributed by atoms with Crippen LogP contribution in [0.15, 0.2) is 30.9 Å². The number of nitrogens with zero attached hydrogens (tertiary/aromatic N) is 1. The predicted octanol–water partition coefficient (Wildman–Crippen LogP) is 2.74. The molecule has 0 radical (unpaired) electrons. The van der Waals surface area contributed by atoms with Crippen molar-refractivity contribution in [2.24, 2.45) is 5.92 Å². The molecular formula is C21H31NO3. The third-order valence-corrected chi connectivity index (χ3v) is 6.89. The molecule has 1 heterocycles. The highest BCUT2D eigenvalue weighted by Gasteiger charge is 2.64. The lowest BCUT2D eigenvalue weighted by molar-refractivity contribution is -0.201. The Labute approximate surface area is 150 Å². The molecule has 1 saturated carbocycles. The van der Waals surface area contributed by atoms with Crippen molar-refractivity contribution in [3.63, 3.8) is 0 Å². The number of aromatic hydroxyl groups is 1. The van der Waals surface area contributed by atoms with Gasteiger partial charge in [-0.2, -0.15) is 0 Å². The van der Waals surface area contributed by atoms with Gasteiger partial charge in [0, 0.05) is 12.6 Å². The lowest BCUT2D eigenvalue weighted by atomic mass is 9.50. The highest BCUT2D eigenvalue weighted by molar-refractivity contribution is 5.45. The molecule has 2 fully saturated rings. The van der Waals surface area contributed by atoms with Gasteiger partial charge in [-0.25, -0.2) is 0 Å². The summed E-state index contributed by atoms with van der Waals surface area (Å²) in [5.74, 6) is 0.295. The van der Waals surface area contributed by atoms with Gasteiger partial charge < -0.3 is 15.3 Å². The summed E-state index contributed by atoms with van der Waals surface area (Å²) in [4.78, 5) is 2.24. The van der Waals surface area contributed by atoms with E-state index >= 15 is 0 Å². The summed E-state index contributed by atoms with van der Waals surface area (Å²) in [6, 6.07) is 5.20. The molecule has 4 nitrogen and oxygen atoms in total. The molecule has 1 aliphatic heterocycles. The second kappa shape index (κ2) is 6.42. The minimum absolute atomic E-state index is 0.0943. The van der Waals surface area contributed by atoms with Crippen molar-refractivity contribution in [1.29, 1.82) is 0 Å². The van der Waals surface area contributed by atoms with Gasteiger partial charge in [0.25, 0.3) is 0 Å². The highest BCUT2D eigenvalue weighted by Crippen LogP contribution is 2.56. The maximum Gasteiger partial charge on any atom is 0.115 e. The van der Waals surface area contributed by atoms with E-state index in [4.69, 9.17) is 0 Å². The van der Waals surface area contributed by atoms with Crippen LogP contribution >= 0.6 is 0 Å². The number of aryl methyl sites for hydroxylation is 1. The number of benzene rings is 1. The molecule has 1 aliphatic carbocycles.